The second kappa shape index (κ2) is 6.27. The second-order valence-electron chi connectivity index (χ2n) is 5.27. The van der Waals surface area contributed by atoms with E-state index in [-0.39, 0.29) is 0 Å². The van der Waals surface area contributed by atoms with E-state index in [1.54, 1.807) is 20.8 Å². The molecule has 5 nitrogen and oxygen atoms in total. The summed E-state index contributed by atoms with van der Waals surface area (Å²) in [6, 6.07) is -1.38. The maximum absolute atomic E-state index is 11.5. The Balaban J connectivity index is 4.34. The van der Waals surface area contributed by atoms with Crippen molar-refractivity contribution in [1.29, 1.82) is 0 Å². The molecule has 2 amide bonds. The fourth-order valence-corrected chi connectivity index (χ4v) is 1.18. The number of carbonyl (C=O) groups excluding carboxylic acids is 1. The van der Waals surface area contributed by atoms with E-state index in [1.807, 2.05) is 19.9 Å². The molecule has 0 rings (SSSR count). The number of allylic oxidation sites excluding steroid dienone is 1. The summed E-state index contributed by atoms with van der Waals surface area (Å²) < 4.78 is 0. The van der Waals surface area contributed by atoms with Crippen molar-refractivity contribution < 1.29 is 14.7 Å². The minimum Gasteiger partial charge on any atom is -0.480 e. The Hall–Kier alpha value is -1.52. The van der Waals surface area contributed by atoms with E-state index in [0.29, 0.717) is 6.54 Å². The number of rotatable bonds is 4. The molecule has 1 atom stereocenters. The van der Waals surface area contributed by atoms with E-state index in [9.17, 15) is 9.59 Å². The Kier molecular flexibility index (Phi) is 5.71. The summed E-state index contributed by atoms with van der Waals surface area (Å²) in [5, 5.41) is 14.0. The van der Waals surface area contributed by atoms with Crippen molar-refractivity contribution in [2.45, 2.75) is 40.7 Å². The van der Waals surface area contributed by atoms with Crippen LogP contribution in [-0.4, -0.2) is 29.7 Å². The zero-order chi connectivity index (χ0) is 13.6. The normalized spacial score (nSPS) is 12.5. The Bertz CT molecular complexity index is 312. The zero-order valence-electron chi connectivity index (χ0n) is 11.1. The minimum atomic E-state index is -1.03. The average molecular weight is 242 g/mol. The zero-order valence-corrected chi connectivity index (χ0v) is 11.1. The Morgan fingerprint density at radius 3 is 2.18 bits per heavy atom. The highest BCUT2D eigenvalue weighted by atomic mass is 16.4. The number of carboxylic acid groups (broad SMARTS) is 1. The van der Waals surface area contributed by atoms with Gasteiger partial charge >= 0.3 is 12.0 Å². The maximum atomic E-state index is 11.5. The van der Waals surface area contributed by atoms with Gasteiger partial charge in [0.1, 0.15) is 6.04 Å². The van der Waals surface area contributed by atoms with E-state index < -0.39 is 23.5 Å². The summed E-state index contributed by atoms with van der Waals surface area (Å²) in [4.78, 5) is 22.5. The fourth-order valence-electron chi connectivity index (χ4n) is 1.18. The van der Waals surface area contributed by atoms with Gasteiger partial charge < -0.3 is 15.7 Å². The van der Waals surface area contributed by atoms with Gasteiger partial charge in [0.05, 0.1) is 0 Å². The van der Waals surface area contributed by atoms with Gasteiger partial charge in [0.25, 0.3) is 0 Å². The first-order valence-corrected chi connectivity index (χ1v) is 5.55. The first-order chi connectivity index (χ1) is 7.64. The number of aliphatic carboxylic acids is 1. The number of nitrogens with one attached hydrogen (secondary N) is 2. The largest absolute Gasteiger partial charge is 0.480 e. The number of hydrogen-bond acceptors (Lipinski definition) is 2. The molecular formula is C12H22N2O3. The van der Waals surface area contributed by atoms with Crippen molar-refractivity contribution in [1.82, 2.24) is 10.6 Å². The molecule has 0 aliphatic rings. The lowest BCUT2D eigenvalue weighted by Gasteiger charge is -2.27. The quantitative estimate of drug-likeness (QED) is 0.657. The highest BCUT2D eigenvalue weighted by Crippen LogP contribution is 2.19. The molecule has 0 aliphatic carbocycles. The van der Waals surface area contributed by atoms with Crippen molar-refractivity contribution in [2.75, 3.05) is 6.54 Å². The molecule has 0 aliphatic heterocycles. The molecule has 0 aromatic heterocycles. The average Bonchev–Trinajstić information content (AvgIpc) is 2.11. The molecule has 5 heteroatoms. The van der Waals surface area contributed by atoms with Crippen LogP contribution in [0.25, 0.3) is 0 Å². The molecular weight excluding hydrogens is 220 g/mol. The summed E-state index contributed by atoms with van der Waals surface area (Å²) in [6.07, 6.45) is 1.85. The monoisotopic (exact) mass is 242 g/mol. The summed E-state index contributed by atoms with van der Waals surface area (Å²) in [5.74, 6) is -1.03. The van der Waals surface area contributed by atoms with Gasteiger partial charge in [-0.15, -0.1) is 0 Å². The van der Waals surface area contributed by atoms with Gasteiger partial charge in [0.2, 0.25) is 0 Å². The van der Waals surface area contributed by atoms with Crippen LogP contribution in [0.4, 0.5) is 4.79 Å². The SMILES string of the molecule is CC(C)=CCNC(=O)N[C@@H](C(=O)O)C(C)(C)C. The van der Waals surface area contributed by atoms with Crippen LogP contribution in [0.2, 0.25) is 0 Å². The summed E-state index contributed by atoms with van der Waals surface area (Å²) >= 11 is 0. The van der Waals surface area contributed by atoms with E-state index in [0.717, 1.165) is 5.57 Å². The Morgan fingerprint density at radius 1 is 1.29 bits per heavy atom. The third-order valence-corrected chi connectivity index (χ3v) is 2.16. The number of carboxylic acids is 1. The van der Waals surface area contributed by atoms with Crippen LogP contribution in [0.5, 0.6) is 0 Å². The van der Waals surface area contributed by atoms with Gasteiger partial charge in [-0.3, -0.25) is 0 Å². The first kappa shape index (κ1) is 15.5. The van der Waals surface area contributed by atoms with Crippen LogP contribution < -0.4 is 10.6 Å². The van der Waals surface area contributed by atoms with Gasteiger partial charge in [-0.25, -0.2) is 9.59 Å². The number of amides is 2. The van der Waals surface area contributed by atoms with Crippen LogP contribution in [-0.2, 0) is 4.79 Å². The molecule has 0 saturated carbocycles. The third-order valence-electron chi connectivity index (χ3n) is 2.16. The van der Waals surface area contributed by atoms with Gasteiger partial charge in [-0.1, -0.05) is 32.4 Å². The molecule has 98 valence electrons. The van der Waals surface area contributed by atoms with Crippen LogP contribution in [0.15, 0.2) is 11.6 Å². The molecule has 3 N–H and O–H groups in total. The predicted molar refractivity (Wildman–Crippen MR) is 66.8 cm³/mol. The molecule has 0 aromatic carbocycles. The maximum Gasteiger partial charge on any atom is 0.326 e. The lowest BCUT2D eigenvalue weighted by atomic mass is 9.87. The Morgan fingerprint density at radius 2 is 1.82 bits per heavy atom. The van der Waals surface area contributed by atoms with Crippen molar-refractivity contribution in [3.63, 3.8) is 0 Å². The van der Waals surface area contributed by atoms with Crippen LogP contribution >= 0.6 is 0 Å². The topological polar surface area (TPSA) is 78.4 Å². The lowest BCUT2D eigenvalue weighted by molar-refractivity contribution is -0.141. The van der Waals surface area contributed by atoms with E-state index >= 15 is 0 Å². The molecule has 17 heavy (non-hydrogen) atoms. The van der Waals surface area contributed by atoms with E-state index in [1.165, 1.54) is 0 Å². The Labute approximate surface area is 102 Å². The van der Waals surface area contributed by atoms with Crippen molar-refractivity contribution >= 4 is 12.0 Å². The molecule has 0 saturated heterocycles. The molecule has 0 heterocycles. The first-order valence-electron chi connectivity index (χ1n) is 5.55. The van der Waals surface area contributed by atoms with Gasteiger partial charge in [-0.05, 0) is 19.3 Å². The van der Waals surface area contributed by atoms with Crippen molar-refractivity contribution in [3.05, 3.63) is 11.6 Å². The fraction of sp³-hybridized carbons (Fsp3) is 0.667. The van der Waals surface area contributed by atoms with Crippen LogP contribution in [0.1, 0.15) is 34.6 Å². The second-order valence-corrected chi connectivity index (χ2v) is 5.27. The predicted octanol–water partition coefficient (Wildman–Crippen LogP) is 1.75. The van der Waals surface area contributed by atoms with Gasteiger partial charge in [-0.2, -0.15) is 0 Å². The number of hydrogen-bond donors (Lipinski definition) is 3. The molecule has 0 radical (unpaired) electrons. The number of urea groups is 1. The molecule has 0 unspecified atom stereocenters. The highest BCUT2D eigenvalue weighted by Gasteiger charge is 2.32. The molecule has 0 fully saturated rings. The number of carbonyl (C=O) groups is 2. The molecule has 0 aromatic rings. The summed E-state index contributed by atoms with van der Waals surface area (Å²) in [6.45, 7) is 9.54. The molecule has 0 spiro atoms. The van der Waals surface area contributed by atoms with Crippen molar-refractivity contribution in [3.8, 4) is 0 Å². The highest BCUT2D eigenvalue weighted by molar-refractivity contribution is 5.83. The third kappa shape index (κ3) is 6.60. The summed E-state index contributed by atoms with van der Waals surface area (Å²) in [7, 11) is 0. The lowest BCUT2D eigenvalue weighted by Crippen LogP contribution is -2.52. The standard InChI is InChI=1S/C12H22N2O3/c1-8(2)6-7-13-11(17)14-9(10(15)16)12(3,4)5/h6,9H,7H2,1-5H3,(H,15,16)(H2,13,14,17)/t9-/m0/s1. The van der Waals surface area contributed by atoms with Crippen molar-refractivity contribution in [2.24, 2.45) is 5.41 Å². The minimum absolute atomic E-state index is 0.394. The van der Waals surface area contributed by atoms with Gasteiger partial charge in [0.15, 0.2) is 0 Å². The van der Waals surface area contributed by atoms with Crippen LogP contribution in [0, 0.1) is 5.41 Å². The van der Waals surface area contributed by atoms with Crippen LogP contribution in [0.3, 0.4) is 0 Å². The summed E-state index contributed by atoms with van der Waals surface area (Å²) in [5.41, 5.74) is 0.565. The van der Waals surface area contributed by atoms with Gasteiger partial charge in [0, 0.05) is 6.54 Å². The van der Waals surface area contributed by atoms with E-state index in [2.05, 4.69) is 10.6 Å². The van der Waals surface area contributed by atoms with E-state index in [4.69, 9.17) is 5.11 Å². The molecule has 0 bridgehead atoms. The smallest absolute Gasteiger partial charge is 0.326 e.